The smallest absolute Gasteiger partial charge is 0.242 e. The van der Waals surface area contributed by atoms with Crippen LogP contribution >= 0.6 is 11.6 Å². The lowest BCUT2D eigenvalue weighted by Gasteiger charge is -2.10. The third-order valence-electron chi connectivity index (χ3n) is 3.43. The minimum Gasteiger partial charge on any atom is -0.398 e. The summed E-state index contributed by atoms with van der Waals surface area (Å²) in [5.41, 5.74) is 6.96. The van der Waals surface area contributed by atoms with Gasteiger partial charge in [-0.2, -0.15) is 0 Å². The Labute approximate surface area is 133 Å². The number of sulfonamides is 1. The molecule has 4 nitrogen and oxygen atoms in total. The van der Waals surface area contributed by atoms with E-state index in [9.17, 15) is 8.42 Å². The number of rotatable bonds is 9. The third kappa shape index (κ3) is 5.85. The van der Waals surface area contributed by atoms with E-state index >= 15 is 0 Å². The molecule has 0 radical (unpaired) electrons. The fraction of sp³-hybridized carbons (Fsp3) is 0.600. The van der Waals surface area contributed by atoms with Crippen molar-refractivity contribution >= 4 is 27.3 Å². The van der Waals surface area contributed by atoms with E-state index in [-0.39, 0.29) is 9.92 Å². The second-order valence-electron chi connectivity index (χ2n) is 5.30. The highest BCUT2D eigenvalue weighted by Gasteiger charge is 2.18. The van der Waals surface area contributed by atoms with Crippen molar-refractivity contribution in [3.8, 4) is 0 Å². The predicted octanol–water partition coefficient (Wildman–Crippen LogP) is 3.87. The molecule has 120 valence electrons. The SMILES string of the molecule is CCCCCCCCNS(=O)(=O)c1cc(N)c(C)cc1Cl. The molecule has 0 aliphatic heterocycles. The Hall–Kier alpha value is -0.780. The summed E-state index contributed by atoms with van der Waals surface area (Å²) < 4.78 is 27.0. The first-order chi connectivity index (χ1) is 9.88. The average molecular weight is 333 g/mol. The lowest BCUT2D eigenvalue weighted by atomic mass is 10.1. The normalized spacial score (nSPS) is 11.8. The van der Waals surface area contributed by atoms with Gasteiger partial charge in [0.2, 0.25) is 10.0 Å². The zero-order chi connectivity index (χ0) is 15.9. The maximum Gasteiger partial charge on any atom is 0.242 e. The molecular formula is C15H25ClN2O2S. The van der Waals surface area contributed by atoms with E-state index in [1.54, 1.807) is 13.0 Å². The molecule has 1 aromatic rings. The van der Waals surface area contributed by atoms with E-state index in [1.165, 1.54) is 25.3 Å². The number of hydrogen-bond acceptors (Lipinski definition) is 3. The summed E-state index contributed by atoms with van der Waals surface area (Å²) in [5, 5.41) is 0.206. The van der Waals surface area contributed by atoms with Gasteiger partial charge in [-0.05, 0) is 31.0 Å². The fourth-order valence-corrected chi connectivity index (χ4v) is 3.75. The summed E-state index contributed by atoms with van der Waals surface area (Å²) in [5.74, 6) is 0. The fourth-order valence-electron chi connectivity index (χ4n) is 2.06. The number of anilines is 1. The van der Waals surface area contributed by atoms with Crippen molar-refractivity contribution in [3.63, 3.8) is 0 Å². The van der Waals surface area contributed by atoms with Crippen molar-refractivity contribution < 1.29 is 8.42 Å². The molecule has 0 bridgehead atoms. The minimum atomic E-state index is -3.59. The molecular weight excluding hydrogens is 308 g/mol. The molecule has 0 spiro atoms. The molecule has 1 aromatic carbocycles. The molecule has 21 heavy (non-hydrogen) atoms. The predicted molar refractivity (Wildman–Crippen MR) is 89.2 cm³/mol. The maximum absolute atomic E-state index is 12.2. The first-order valence-corrected chi connectivity index (χ1v) is 9.30. The topological polar surface area (TPSA) is 72.2 Å². The van der Waals surface area contributed by atoms with Crippen LogP contribution in [0.2, 0.25) is 5.02 Å². The Balaban J connectivity index is 2.53. The molecule has 0 saturated carbocycles. The number of benzene rings is 1. The Bertz CT molecular complexity index is 559. The molecule has 0 heterocycles. The molecule has 0 atom stereocenters. The van der Waals surface area contributed by atoms with Crippen molar-refractivity contribution in [2.45, 2.75) is 57.3 Å². The summed E-state index contributed by atoms with van der Waals surface area (Å²) in [7, 11) is -3.59. The van der Waals surface area contributed by atoms with Crippen molar-refractivity contribution in [2.24, 2.45) is 0 Å². The number of halogens is 1. The first kappa shape index (κ1) is 18.3. The molecule has 6 heteroatoms. The van der Waals surface area contributed by atoms with E-state index in [1.807, 2.05) is 0 Å². The largest absolute Gasteiger partial charge is 0.398 e. The second kappa shape index (κ2) is 8.61. The Morgan fingerprint density at radius 1 is 1.14 bits per heavy atom. The van der Waals surface area contributed by atoms with Gasteiger partial charge in [-0.1, -0.05) is 50.6 Å². The third-order valence-corrected chi connectivity index (χ3v) is 5.36. The number of hydrogen-bond donors (Lipinski definition) is 2. The zero-order valence-corrected chi connectivity index (χ0v) is 14.4. The van der Waals surface area contributed by atoms with Gasteiger partial charge in [-0.25, -0.2) is 13.1 Å². The molecule has 0 saturated heterocycles. The van der Waals surface area contributed by atoms with Crippen LogP contribution in [0, 0.1) is 6.92 Å². The van der Waals surface area contributed by atoms with Gasteiger partial charge in [0.15, 0.2) is 0 Å². The second-order valence-corrected chi connectivity index (χ2v) is 7.45. The Kier molecular flexibility index (Phi) is 7.49. The summed E-state index contributed by atoms with van der Waals surface area (Å²) in [6.45, 7) is 4.39. The highest BCUT2D eigenvalue weighted by molar-refractivity contribution is 7.89. The summed E-state index contributed by atoms with van der Waals surface area (Å²) >= 11 is 6.01. The molecule has 0 aliphatic carbocycles. The number of nitrogens with one attached hydrogen (secondary N) is 1. The van der Waals surface area contributed by atoms with Crippen molar-refractivity contribution in [2.75, 3.05) is 12.3 Å². The molecule has 0 amide bonds. The van der Waals surface area contributed by atoms with Crippen LogP contribution < -0.4 is 10.5 Å². The number of aryl methyl sites for hydroxylation is 1. The van der Waals surface area contributed by atoms with Crippen LogP contribution in [-0.4, -0.2) is 15.0 Å². The van der Waals surface area contributed by atoms with Gasteiger partial charge in [0.25, 0.3) is 0 Å². The van der Waals surface area contributed by atoms with Crippen LogP contribution in [0.25, 0.3) is 0 Å². The summed E-state index contributed by atoms with van der Waals surface area (Å²) in [6.07, 6.45) is 6.68. The quantitative estimate of drug-likeness (QED) is 0.532. The molecule has 0 aromatic heterocycles. The van der Waals surface area contributed by atoms with Gasteiger partial charge in [-0.15, -0.1) is 0 Å². The van der Waals surface area contributed by atoms with E-state index in [2.05, 4.69) is 11.6 Å². The van der Waals surface area contributed by atoms with E-state index in [4.69, 9.17) is 17.3 Å². The van der Waals surface area contributed by atoms with Crippen LogP contribution in [0.5, 0.6) is 0 Å². The molecule has 3 N–H and O–H groups in total. The van der Waals surface area contributed by atoms with Crippen LogP contribution in [0.1, 0.15) is 51.0 Å². The van der Waals surface area contributed by atoms with Gasteiger partial charge in [-0.3, -0.25) is 0 Å². The van der Waals surface area contributed by atoms with Crippen LogP contribution in [-0.2, 0) is 10.0 Å². The van der Waals surface area contributed by atoms with Crippen LogP contribution in [0.3, 0.4) is 0 Å². The van der Waals surface area contributed by atoms with Gasteiger partial charge >= 0.3 is 0 Å². The molecule has 1 rings (SSSR count). The van der Waals surface area contributed by atoms with Gasteiger partial charge in [0.05, 0.1) is 5.02 Å². The van der Waals surface area contributed by atoms with Crippen molar-refractivity contribution in [3.05, 3.63) is 22.7 Å². The highest BCUT2D eigenvalue weighted by Crippen LogP contribution is 2.26. The van der Waals surface area contributed by atoms with Crippen LogP contribution in [0.4, 0.5) is 5.69 Å². The maximum atomic E-state index is 12.2. The summed E-state index contributed by atoms with van der Waals surface area (Å²) in [4.78, 5) is 0.0539. The first-order valence-electron chi connectivity index (χ1n) is 7.43. The number of nitrogen functional groups attached to an aromatic ring is 1. The van der Waals surface area contributed by atoms with E-state index in [0.717, 1.165) is 24.8 Å². The monoisotopic (exact) mass is 332 g/mol. The Morgan fingerprint density at radius 2 is 1.76 bits per heavy atom. The zero-order valence-electron chi connectivity index (χ0n) is 12.8. The van der Waals surface area contributed by atoms with Gasteiger partial charge in [0, 0.05) is 12.2 Å². The van der Waals surface area contributed by atoms with Crippen molar-refractivity contribution in [1.29, 1.82) is 0 Å². The van der Waals surface area contributed by atoms with E-state index in [0.29, 0.717) is 12.2 Å². The number of nitrogens with two attached hydrogens (primary N) is 1. The van der Waals surface area contributed by atoms with Gasteiger partial charge in [0.1, 0.15) is 4.90 Å². The van der Waals surface area contributed by atoms with Crippen molar-refractivity contribution in [1.82, 2.24) is 4.72 Å². The highest BCUT2D eigenvalue weighted by atomic mass is 35.5. The molecule has 0 unspecified atom stereocenters. The van der Waals surface area contributed by atoms with E-state index < -0.39 is 10.0 Å². The summed E-state index contributed by atoms with van der Waals surface area (Å²) in [6, 6.07) is 3.00. The Morgan fingerprint density at radius 3 is 2.43 bits per heavy atom. The number of unbranched alkanes of at least 4 members (excludes halogenated alkanes) is 5. The minimum absolute atomic E-state index is 0.0539. The standard InChI is InChI=1S/C15H25ClN2O2S/c1-3-4-5-6-7-8-9-18-21(19,20)15-11-14(17)12(2)10-13(15)16/h10-11,18H,3-9,17H2,1-2H3. The molecule has 0 fully saturated rings. The van der Waals surface area contributed by atoms with Gasteiger partial charge < -0.3 is 5.73 Å². The lowest BCUT2D eigenvalue weighted by Crippen LogP contribution is -2.25. The average Bonchev–Trinajstić information content (AvgIpc) is 2.41. The molecule has 0 aliphatic rings. The lowest BCUT2D eigenvalue weighted by molar-refractivity contribution is 0.568. The van der Waals surface area contributed by atoms with Crippen LogP contribution in [0.15, 0.2) is 17.0 Å².